The number of nitrogens with two attached hydrogens (primary N) is 1. The van der Waals surface area contributed by atoms with Crippen molar-refractivity contribution in [1.82, 2.24) is 0 Å². The van der Waals surface area contributed by atoms with Crippen molar-refractivity contribution in [1.29, 1.82) is 0 Å². The molecule has 2 heterocycles. The number of fused-ring (bicyclic) bond motifs is 3. The van der Waals surface area contributed by atoms with Gasteiger partial charge in [0, 0.05) is 16.3 Å². The first-order valence-corrected chi connectivity index (χ1v) is 7.47. The van der Waals surface area contributed by atoms with Crippen LogP contribution in [0.25, 0.3) is 21.9 Å². The lowest BCUT2D eigenvalue weighted by atomic mass is 10.00. The van der Waals surface area contributed by atoms with Crippen molar-refractivity contribution in [3.8, 4) is 0 Å². The molecule has 1 atom stereocenters. The van der Waals surface area contributed by atoms with E-state index in [1.54, 1.807) is 11.3 Å². The Kier molecular flexibility index (Phi) is 2.62. The monoisotopic (exact) mass is 279 g/mol. The minimum Gasteiger partial charge on any atom is -0.456 e. The number of benzene rings is 2. The number of thiophene rings is 1. The molecular formula is C17H13NOS. The van der Waals surface area contributed by atoms with Crippen molar-refractivity contribution >= 4 is 33.3 Å². The molecule has 4 aromatic rings. The fourth-order valence-electron chi connectivity index (χ4n) is 2.65. The van der Waals surface area contributed by atoms with Gasteiger partial charge in [0.15, 0.2) is 0 Å². The summed E-state index contributed by atoms with van der Waals surface area (Å²) in [7, 11) is 0. The average Bonchev–Trinajstić information content (AvgIpc) is 3.13. The van der Waals surface area contributed by atoms with E-state index in [0.29, 0.717) is 0 Å². The standard InChI is InChI=1S/C17H13NOS/c18-16(11-8-9-20-10-11)14-6-3-5-13-12-4-1-2-7-15(12)19-17(13)14/h1-10,16H,18H2. The molecule has 0 aliphatic carbocycles. The van der Waals surface area contributed by atoms with E-state index in [1.807, 2.05) is 35.7 Å². The van der Waals surface area contributed by atoms with Crippen molar-refractivity contribution in [2.24, 2.45) is 5.73 Å². The van der Waals surface area contributed by atoms with Crippen LogP contribution < -0.4 is 5.73 Å². The Hall–Kier alpha value is -2.10. The summed E-state index contributed by atoms with van der Waals surface area (Å²) in [6.07, 6.45) is 0. The van der Waals surface area contributed by atoms with Gasteiger partial charge in [0.25, 0.3) is 0 Å². The van der Waals surface area contributed by atoms with Crippen LogP contribution >= 0.6 is 11.3 Å². The smallest absolute Gasteiger partial charge is 0.140 e. The Bertz CT molecular complexity index is 876. The highest BCUT2D eigenvalue weighted by Crippen LogP contribution is 2.34. The minimum absolute atomic E-state index is 0.148. The van der Waals surface area contributed by atoms with Crippen molar-refractivity contribution in [2.45, 2.75) is 6.04 Å². The van der Waals surface area contributed by atoms with Crippen molar-refractivity contribution in [3.63, 3.8) is 0 Å². The zero-order chi connectivity index (χ0) is 13.5. The van der Waals surface area contributed by atoms with E-state index in [4.69, 9.17) is 10.2 Å². The molecule has 0 spiro atoms. The second kappa shape index (κ2) is 4.47. The third kappa shape index (κ3) is 1.68. The van der Waals surface area contributed by atoms with Gasteiger partial charge in [0.05, 0.1) is 6.04 Å². The van der Waals surface area contributed by atoms with Crippen molar-refractivity contribution < 1.29 is 4.42 Å². The molecule has 2 nitrogen and oxygen atoms in total. The molecule has 98 valence electrons. The number of hydrogen-bond donors (Lipinski definition) is 1. The van der Waals surface area contributed by atoms with E-state index < -0.39 is 0 Å². The SMILES string of the molecule is NC(c1ccsc1)c1cccc2c1oc1ccccc12. The zero-order valence-corrected chi connectivity index (χ0v) is 11.6. The van der Waals surface area contributed by atoms with Crippen LogP contribution in [0.1, 0.15) is 17.2 Å². The predicted octanol–water partition coefficient (Wildman–Crippen LogP) is 4.70. The molecule has 0 radical (unpaired) electrons. The summed E-state index contributed by atoms with van der Waals surface area (Å²) in [4.78, 5) is 0. The summed E-state index contributed by atoms with van der Waals surface area (Å²) < 4.78 is 6.03. The molecule has 2 N–H and O–H groups in total. The fraction of sp³-hybridized carbons (Fsp3) is 0.0588. The second-order valence-corrected chi connectivity index (χ2v) is 5.64. The Morgan fingerprint density at radius 1 is 0.950 bits per heavy atom. The number of rotatable bonds is 2. The Morgan fingerprint density at radius 2 is 1.80 bits per heavy atom. The van der Waals surface area contributed by atoms with Gasteiger partial charge in [-0.25, -0.2) is 0 Å². The van der Waals surface area contributed by atoms with Gasteiger partial charge in [0.1, 0.15) is 11.2 Å². The Labute approximate surface area is 120 Å². The van der Waals surface area contributed by atoms with Crippen molar-refractivity contribution in [3.05, 3.63) is 70.4 Å². The van der Waals surface area contributed by atoms with Crippen LogP contribution in [0.3, 0.4) is 0 Å². The quantitative estimate of drug-likeness (QED) is 0.578. The summed E-state index contributed by atoms with van der Waals surface area (Å²) >= 11 is 1.66. The first kappa shape index (κ1) is 11.7. The van der Waals surface area contributed by atoms with E-state index in [9.17, 15) is 0 Å². The maximum absolute atomic E-state index is 6.40. The van der Waals surface area contributed by atoms with E-state index >= 15 is 0 Å². The second-order valence-electron chi connectivity index (χ2n) is 4.86. The van der Waals surface area contributed by atoms with Crippen LogP contribution in [0.5, 0.6) is 0 Å². The normalized spacial score (nSPS) is 13.1. The molecule has 2 aromatic heterocycles. The largest absolute Gasteiger partial charge is 0.456 e. The van der Waals surface area contributed by atoms with Crippen LogP contribution in [0, 0.1) is 0 Å². The third-order valence-electron chi connectivity index (χ3n) is 3.67. The minimum atomic E-state index is -0.148. The van der Waals surface area contributed by atoms with Gasteiger partial charge in [0.2, 0.25) is 0 Å². The first-order chi connectivity index (χ1) is 9.84. The van der Waals surface area contributed by atoms with Gasteiger partial charge in [-0.2, -0.15) is 11.3 Å². The van der Waals surface area contributed by atoms with Gasteiger partial charge >= 0.3 is 0 Å². The van der Waals surface area contributed by atoms with Crippen LogP contribution in [-0.2, 0) is 0 Å². The van der Waals surface area contributed by atoms with E-state index in [2.05, 4.69) is 23.6 Å². The maximum Gasteiger partial charge on any atom is 0.140 e. The highest BCUT2D eigenvalue weighted by atomic mass is 32.1. The molecule has 2 aromatic carbocycles. The molecule has 4 rings (SSSR count). The summed E-state index contributed by atoms with van der Waals surface area (Å²) in [6, 6.07) is 16.2. The highest BCUT2D eigenvalue weighted by Gasteiger charge is 2.16. The predicted molar refractivity (Wildman–Crippen MR) is 84.1 cm³/mol. The van der Waals surface area contributed by atoms with Gasteiger partial charge in [-0.1, -0.05) is 36.4 Å². The third-order valence-corrected chi connectivity index (χ3v) is 4.37. The molecule has 3 heteroatoms. The molecule has 1 unspecified atom stereocenters. The van der Waals surface area contributed by atoms with Gasteiger partial charge < -0.3 is 10.2 Å². The molecule has 0 aliphatic rings. The summed E-state index contributed by atoms with van der Waals surface area (Å²) in [5, 5.41) is 6.41. The molecule has 0 fully saturated rings. The summed E-state index contributed by atoms with van der Waals surface area (Å²) in [6.45, 7) is 0. The van der Waals surface area contributed by atoms with E-state index in [0.717, 1.165) is 33.1 Å². The maximum atomic E-state index is 6.40. The summed E-state index contributed by atoms with van der Waals surface area (Å²) in [5.74, 6) is 0. The van der Waals surface area contributed by atoms with Gasteiger partial charge in [-0.05, 0) is 28.5 Å². The lowest BCUT2D eigenvalue weighted by molar-refractivity contribution is 0.658. The Balaban J connectivity index is 2.00. The molecule has 0 saturated heterocycles. The van der Waals surface area contributed by atoms with Crippen LogP contribution in [0.4, 0.5) is 0 Å². The van der Waals surface area contributed by atoms with Gasteiger partial charge in [-0.15, -0.1) is 0 Å². The van der Waals surface area contributed by atoms with Crippen LogP contribution in [-0.4, -0.2) is 0 Å². The molecule has 0 amide bonds. The highest BCUT2D eigenvalue weighted by molar-refractivity contribution is 7.08. The Morgan fingerprint density at radius 3 is 2.65 bits per heavy atom. The van der Waals surface area contributed by atoms with E-state index in [1.165, 1.54) is 0 Å². The molecular weight excluding hydrogens is 266 g/mol. The summed E-state index contributed by atoms with van der Waals surface area (Å²) in [5.41, 5.74) is 10.4. The average molecular weight is 279 g/mol. The lowest BCUT2D eigenvalue weighted by Crippen LogP contribution is -2.10. The lowest BCUT2D eigenvalue weighted by Gasteiger charge is -2.10. The van der Waals surface area contributed by atoms with Crippen molar-refractivity contribution in [2.75, 3.05) is 0 Å². The zero-order valence-electron chi connectivity index (χ0n) is 10.7. The van der Waals surface area contributed by atoms with Crippen LogP contribution in [0.2, 0.25) is 0 Å². The molecule has 20 heavy (non-hydrogen) atoms. The first-order valence-electron chi connectivity index (χ1n) is 6.52. The number of para-hydroxylation sites is 2. The number of furan rings is 1. The fourth-order valence-corrected chi connectivity index (χ4v) is 3.34. The van der Waals surface area contributed by atoms with Crippen LogP contribution in [0.15, 0.2) is 63.7 Å². The molecule has 0 bridgehead atoms. The molecule has 0 saturated carbocycles. The topological polar surface area (TPSA) is 39.2 Å². The molecule has 0 aliphatic heterocycles. The number of hydrogen-bond acceptors (Lipinski definition) is 3. The van der Waals surface area contributed by atoms with E-state index in [-0.39, 0.29) is 6.04 Å². The van der Waals surface area contributed by atoms with Gasteiger partial charge in [-0.3, -0.25) is 0 Å².